The second kappa shape index (κ2) is 8.30. The van der Waals surface area contributed by atoms with Crippen molar-refractivity contribution in [3.63, 3.8) is 0 Å². The maximum absolute atomic E-state index is 3.74. The van der Waals surface area contributed by atoms with Gasteiger partial charge < -0.3 is 5.32 Å². The van der Waals surface area contributed by atoms with Gasteiger partial charge in [0.2, 0.25) is 0 Å². The number of benzene rings is 4. The highest BCUT2D eigenvalue weighted by Gasteiger charge is 2.51. The Labute approximate surface area is 179 Å². The monoisotopic (exact) mass is 406 g/mol. The SMILES string of the molecule is c1ccc(C2=C([P+](c3ccccc3)(c3ccccc3)c3ccccc3)CCN2)cc1. The first-order chi connectivity index (χ1) is 14.9. The zero-order chi connectivity index (χ0) is 20.2. The van der Waals surface area contributed by atoms with Crippen LogP contribution in [0.1, 0.15) is 12.0 Å². The average Bonchev–Trinajstić information content (AvgIpc) is 3.33. The van der Waals surface area contributed by atoms with Gasteiger partial charge in [0.25, 0.3) is 0 Å². The third kappa shape index (κ3) is 3.16. The van der Waals surface area contributed by atoms with Gasteiger partial charge in [0, 0.05) is 18.5 Å². The highest BCUT2D eigenvalue weighted by Crippen LogP contribution is 2.65. The Hall–Kier alpha value is -3.15. The van der Waals surface area contributed by atoms with Gasteiger partial charge in [-0.15, -0.1) is 0 Å². The third-order valence-corrected chi connectivity index (χ3v) is 10.3. The van der Waals surface area contributed by atoms with Gasteiger partial charge >= 0.3 is 0 Å². The van der Waals surface area contributed by atoms with Crippen LogP contribution in [0.3, 0.4) is 0 Å². The molecule has 0 aromatic heterocycles. The van der Waals surface area contributed by atoms with Crippen LogP contribution < -0.4 is 21.2 Å². The summed E-state index contributed by atoms with van der Waals surface area (Å²) in [5.74, 6) is 0. The standard InChI is InChI=1S/C28H25NP/c1-5-13-23(14-6-1)28-27(21-22-29-28)30(24-15-7-2-8-16-24,25-17-9-3-10-18-25)26-19-11-4-12-20-26/h1-20,29H,21-22H2/q+1. The van der Waals surface area contributed by atoms with Crippen LogP contribution in [-0.2, 0) is 0 Å². The summed E-state index contributed by atoms with van der Waals surface area (Å²) >= 11 is 0. The molecule has 1 nitrogen and oxygen atoms in total. The highest BCUT2D eigenvalue weighted by atomic mass is 31.2. The summed E-state index contributed by atoms with van der Waals surface area (Å²) in [6.45, 7) is 0.980. The molecule has 4 aromatic rings. The van der Waals surface area contributed by atoms with Gasteiger partial charge in [-0.05, 0) is 36.4 Å². The first-order valence-corrected chi connectivity index (χ1v) is 12.3. The van der Waals surface area contributed by atoms with Gasteiger partial charge in [0.05, 0.1) is 5.70 Å². The fourth-order valence-electron chi connectivity index (χ4n) is 4.61. The molecule has 0 atom stereocenters. The molecule has 1 N–H and O–H groups in total. The van der Waals surface area contributed by atoms with E-state index in [0.717, 1.165) is 13.0 Å². The van der Waals surface area contributed by atoms with Crippen molar-refractivity contribution in [1.29, 1.82) is 0 Å². The molecule has 30 heavy (non-hydrogen) atoms. The summed E-state index contributed by atoms with van der Waals surface area (Å²) in [5, 5.41) is 9.52. The molecule has 0 aliphatic carbocycles. The molecule has 5 rings (SSSR count). The molecule has 1 aliphatic rings. The van der Waals surface area contributed by atoms with Crippen molar-refractivity contribution in [3.8, 4) is 0 Å². The van der Waals surface area contributed by atoms with Crippen molar-refractivity contribution < 1.29 is 0 Å². The quantitative estimate of drug-likeness (QED) is 0.441. The summed E-state index contributed by atoms with van der Waals surface area (Å²) in [4.78, 5) is 0. The molecule has 146 valence electrons. The predicted molar refractivity (Wildman–Crippen MR) is 131 cm³/mol. The molecular formula is C28H25NP+. The molecule has 0 amide bonds. The lowest BCUT2D eigenvalue weighted by molar-refractivity contribution is 0.924. The van der Waals surface area contributed by atoms with Crippen LogP contribution in [0.4, 0.5) is 0 Å². The normalized spacial score (nSPS) is 13.9. The van der Waals surface area contributed by atoms with Crippen molar-refractivity contribution in [3.05, 3.63) is 132 Å². The van der Waals surface area contributed by atoms with Gasteiger partial charge in [-0.1, -0.05) is 84.9 Å². The molecule has 0 bridgehead atoms. The molecule has 0 saturated carbocycles. The first-order valence-electron chi connectivity index (χ1n) is 10.5. The van der Waals surface area contributed by atoms with E-state index >= 15 is 0 Å². The van der Waals surface area contributed by atoms with E-state index < -0.39 is 7.26 Å². The number of hydrogen-bond acceptors (Lipinski definition) is 1. The molecule has 2 heteroatoms. The fraction of sp³-hybridized carbons (Fsp3) is 0.0714. The summed E-state index contributed by atoms with van der Waals surface area (Å²) in [6, 6.07) is 44.2. The van der Waals surface area contributed by atoms with Crippen LogP contribution in [0.5, 0.6) is 0 Å². The first kappa shape index (κ1) is 18.9. The molecule has 0 spiro atoms. The van der Waals surface area contributed by atoms with Crippen LogP contribution in [0, 0.1) is 0 Å². The van der Waals surface area contributed by atoms with Gasteiger partial charge in [-0.2, -0.15) is 0 Å². The Balaban J connectivity index is 1.90. The Morgan fingerprint density at radius 2 is 0.900 bits per heavy atom. The summed E-state index contributed by atoms with van der Waals surface area (Å²) in [7, 11) is -2.01. The molecule has 0 radical (unpaired) electrons. The summed E-state index contributed by atoms with van der Waals surface area (Å²) < 4.78 is 0. The smallest absolute Gasteiger partial charge is 0.142 e. The van der Waals surface area contributed by atoms with Crippen molar-refractivity contribution in [2.45, 2.75) is 6.42 Å². The van der Waals surface area contributed by atoms with E-state index in [4.69, 9.17) is 0 Å². The minimum absolute atomic E-state index is 0.980. The van der Waals surface area contributed by atoms with Crippen LogP contribution in [0.25, 0.3) is 5.70 Å². The van der Waals surface area contributed by atoms with E-state index in [-0.39, 0.29) is 0 Å². The topological polar surface area (TPSA) is 12.0 Å². The van der Waals surface area contributed by atoms with E-state index in [0.29, 0.717) is 0 Å². The second-order valence-corrected chi connectivity index (χ2v) is 11.0. The van der Waals surface area contributed by atoms with E-state index in [1.54, 1.807) is 0 Å². The van der Waals surface area contributed by atoms with E-state index in [1.807, 2.05) is 0 Å². The van der Waals surface area contributed by atoms with Crippen LogP contribution in [0.2, 0.25) is 0 Å². The lowest BCUT2D eigenvalue weighted by Gasteiger charge is -2.29. The Kier molecular flexibility index (Phi) is 5.22. The molecule has 0 saturated heterocycles. The van der Waals surface area contributed by atoms with Gasteiger partial charge in [-0.3, -0.25) is 0 Å². The Morgan fingerprint density at radius 3 is 1.33 bits per heavy atom. The third-order valence-electron chi connectivity index (χ3n) is 5.85. The number of rotatable bonds is 5. The van der Waals surface area contributed by atoms with Gasteiger partial charge in [0.15, 0.2) is 0 Å². The van der Waals surface area contributed by atoms with Crippen molar-refractivity contribution in [2.75, 3.05) is 6.54 Å². The maximum Gasteiger partial charge on any atom is 0.142 e. The molecule has 4 aromatic carbocycles. The van der Waals surface area contributed by atoms with Gasteiger partial charge in [-0.25, -0.2) is 0 Å². The average molecular weight is 406 g/mol. The predicted octanol–water partition coefficient (Wildman–Crippen LogP) is 5.34. The molecule has 0 fully saturated rings. The minimum Gasteiger partial charge on any atom is -0.381 e. The summed E-state index contributed by atoms with van der Waals surface area (Å²) in [6.07, 6.45) is 1.05. The van der Waals surface area contributed by atoms with Gasteiger partial charge in [0.1, 0.15) is 28.5 Å². The van der Waals surface area contributed by atoms with Crippen molar-refractivity contribution in [1.82, 2.24) is 5.32 Å². The Morgan fingerprint density at radius 1 is 0.500 bits per heavy atom. The zero-order valence-corrected chi connectivity index (χ0v) is 17.8. The molecule has 0 unspecified atom stereocenters. The minimum atomic E-state index is -2.01. The van der Waals surface area contributed by atoms with Crippen molar-refractivity contribution >= 4 is 28.9 Å². The van der Waals surface area contributed by atoms with E-state index in [2.05, 4.69) is 127 Å². The number of hydrogen-bond donors (Lipinski definition) is 1. The summed E-state index contributed by atoms with van der Waals surface area (Å²) in [5.41, 5.74) is 2.58. The van der Waals surface area contributed by atoms with Crippen molar-refractivity contribution in [2.24, 2.45) is 0 Å². The maximum atomic E-state index is 3.74. The largest absolute Gasteiger partial charge is 0.381 e. The second-order valence-electron chi connectivity index (χ2n) is 7.54. The number of nitrogens with one attached hydrogen (secondary N) is 1. The fourth-order valence-corrected chi connectivity index (χ4v) is 9.29. The van der Waals surface area contributed by atoms with Crippen LogP contribution >= 0.6 is 7.26 Å². The van der Waals surface area contributed by atoms with E-state index in [9.17, 15) is 0 Å². The molecule has 1 heterocycles. The zero-order valence-electron chi connectivity index (χ0n) is 16.9. The van der Waals surface area contributed by atoms with Crippen LogP contribution in [-0.4, -0.2) is 6.54 Å². The highest BCUT2D eigenvalue weighted by molar-refractivity contribution is 7.99. The lowest BCUT2D eigenvalue weighted by Crippen LogP contribution is -2.32. The Bertz CT molecular complexity index is 1040. The lowest BCUT2D eigenvalue weighted by atomic mass is 10.1. The van der Waals surface area contributed by atoms with Crippen LogP contribution in [0.15, 0.2) is 127 Å². The molecule has 1 aliphatic heterocycles. The molecular weight excluding hydrogens is 381 g/mol. The van der Waals surface area contributed by atoms with E-state index in [1.165, 1.54) is 32.5 Å².